The van der Waals surface area contributed by atoms with Crippen LogP contribution in [0.4, 0.5) is 11.5 Å². The molecule has 3 aromatic rings. The van der Waals surface area contributed by atoms with Gasteiger partial charge in [-0.3, -0.25) is 9.78 Å². The van der Waals surface area contributed by atoms with Crippen molar-refractivity contribution in [1.29, 1.82) is 0 Å². The predicted molar refractivity (Wildman–Crippen MR) is 145 cm³/mol. The molecule has 2 aliphatic rings. The van der Waals surface area contributed by atoms with E-state index < -0.39 is 0 Å². The van der Waals surface area contributed by atoms with Gasteiger partial charge in [-0.1, -0.05) is 12.1 Å². The molecule has 4 heterocycles. The van der Waals surface area contributed by atoms with E-state index in [4.69, 9.17) is 14.5 Å². The molecule has 0 aliphatic carbocycles. The Labute approximate surface area is 217 Å². The predicted octanol–water partition coefficient (Wildman–Crippen LogP) is 1.50. The Bertz CT molecular complexity index is 1150. The van der Waals surface area contributed by atoms with Gasteiger partial charge in [0.2, 0.25) is 5.91 Å². The number of aromatic nitrogens is 3. The van der Waals surface area contributed by atoms with Crippen LogP contribution in [0.15, 0.2) is 42.7 Å². The van der Waals surface area contributed by atoms with Crippen molar-refractivity contribution < 1.29 is 14.3 Å². The molecule has 0 spiro atoms. The summed E-state index contributed by atoms with van der Waals surface area (Å²) in [4.78, 5) is 30.1. The summed E-state index contributed by atoms with van der Waals surface area (Å²) in [5.74, 6) is 0.754. The number of hydrogen-bond donors (Lipinski definition) is 2. The molecule has 0 unspecified atom stereocenters. The summed E-state index contributed by atoms with van der Waals surface area (Å²) in [7, 11) is 1.55. The Balaban J connectivity index is 0.00000304. The number of nitrogens with zero attached hydrogens (tertiary/aromatic N) is 5. The summed E-state index contributed by atoms with van der Waals surface area (Å²) in [5, 5.41) is 6.77. The van der Waals surface area contributed by atoms with Crippen LogP contribution in [0.1, 0.15) is 0 Å². The van der Waals surface area contributed by atoms with Crippen molar-refractivity contribution in [2.24, 2.45) is 0 Å². The van der Waals surface area contributed by atoms with Crippen LogP contribution in [0.25, 0.3) is 22.3 Å². The molecule has 11 heteroatoms. The van der Waals surface area contributed by atoms with Crippen LogP contribution in [0, 0.1) is 0 Å². The zero-order valence-electron chi connectivity index (χ0n) is 20.4. The second kappa shape index (κ2) is 12.3. The Morgan fingerprint density at radius 3 is 2.67 bits per heavy atom. The fraction of sp³-hybridized carbons (Fsp3) is 0.440. The van der Waals surface area contributed by atoms with Gasteiger partial charge in [0.25, 0.3) is 0 Å². The van der Waals surface area contributed by atoms with E-state index in [1.54, 1.807) is 19.5 Å². The molecule has 1 amide bonds. The maximum Gasteiger partial charge on any atom is 0.248 e. The van der Waals surface area contributed by atoms with Crippen LogP contribution in [-0.4, -0.2) is 98.0 Å². The van der Waals surface area contributed by atoms with Gasteiger partial charge in [0.05, 0.1) is 23.9 Å². The molecule has 192 valence electrons. The van der Waals surface area contributed by atoms with Gasteiger partial charge < -0.3 is 29.9 Å². The van der Waals surface area contributed by atoms with E-state index in [2.05, 4.69) is 49.8 Å². The first-order valence-electron chi connectivity index (χ1n) is 12.0. The van der Waals surface area contributed by atoms with Crippen molar-refractivity contribution in [3.05, 3.63) is 42.7 Å². The first kappa shape index (κ1) is 26.1. The van der Waals surface area contributed by atoms with Gasteiger partial charge in [-0.15, -0.1) is 0 Å². The van der Waals surface area contributed by atoms with E-state index in [0.717, 1.165) is 54.2 Å². The lowest BCUT2D eigenvalue weighted by Gasteiger charge is -2.36. The van der Waals surface area contributed by atoms with Crippen LogP contribution in [-0.2, 0) is 14.3 Å². The SMILES string of the molecule is COCC(=O)N1CCN(c2ccc(-c3cc4nccnc4c(NC[C@@H]4CNCCO4)n3)cc2)CC1.S. The summed E-state index contributed by atoms with van der Waals surface area (Å²) in [6, 6.07) is 10.4. The number of benzene rings is 1. The van der Waals surface area contributed by atoms with E-state index in [9.17, 15) is 4.79 Å². The highest BCUT2D eigenvalue weighted by molar-refractivity contribution is 7.59. The molecule has 10 nitrogen and oxygen atoms in total. The number of nitrogens with one attached hydrogen (secondary N) is 2. The summed E-state index contributed by atoms with van der Waals surface area (Å²) in [6.07, 6.45) is 3.47. The number of rotatable bonds is 7. The normalized spacial score (nSPS) is 18.1. The molecule has 2 saturated heterocycles. The molecular formula is C25H33N7O3S. The van der Waals surface area contributed by atoms with E-state index in [-0.39, 0.29) is 32.1 Å². The van der Waals surface area contributed by atoms with E-state index in [1.807, 2.05) is 11.0 Å². The third-order valence-electron chi connectivity index (χ3n) is 6.39. The number of carbonyl (C=O) groups is 1. The van der Waals surface area contributed by atoms with Crippen LogP contribution in [0.3, 0.4) is 0 Å². The Morgan fingerprint density at radius 2 is 1.94 bits per heavy atom. The lowest BCUT2D eigenvalue weighted by atomic mass is 10.1. The molecule has 2 N–H and O–H groups in total. The number of methoxy groups -OCH3 is 1. The number of anilines is 2. The van der Waals surface area contributed by atoms with Gasteiger partial charge in [0.1, 0.15) is 12.1 Å². The third kappa shape index (κ3) is 6.04. The van der Waals surface area contributed by atoms with Gasteiger partial charge in [-0.25, -0.2) is 9.97 Å². The van der Waals surface area contributed by atoms with Crippen molar-refractivity contribution >= 4 is 41.9 Å². The van der Waals surface area contributed by atoms with Crippen molar-refractivity contribution in [3.8, 4) is 11.3 Å². The van der Waals surface area contributed by atoms with Crippen molar-refractivity contribution in [2.45, 2.75) is 6.10 Å². The average molecular weight is 512 g/mol. The molecule has 0 saturated carbocycles. The highest BCUT2D eigenvalue weighted by Gasteiger charge is 2.21. The quantitative estimate of drug-likeness (QED) is 0.488. The number of amides is 1. The van der Waals surface area contributed by atoms with Crippen LogP contribution in [0.2, 0.25) is 0 Å². The third-order valence-corrected chi connectivity index (χ3v) is 6.39. The van der Waals surface area contributed by atoms with Crippen molar-refractivity contribution in [2.75, 3.05) is 76.4 Å². The zero-order valence-corrected chi connectivity index (χ0v) is 21.4. The lowest BCUT2D eigenvalue weighted by molar-refractivity contribution is -0.135. The lowest BCUT2D eigenvalue weighted by Crippen LogP contribution is -2.49. The first-order chi connectivity index (χ1) is 17.2. The van der Waals surface area contributed by atoms with E-state index in [1.165, 1.54) is 0 Å². The fourth-order valence-corrected chi connectivity index (χ4v) is 4.48. The molecule has 1 aromatic carbocycles. The van der Waals surface area contributed by atoms with Gasteiger partial charge in [0.15, 0.2) is 5.82 Å². The Morgan fingerprint density at radius 1 is 1.17 bits per heavy atom. The maximum atomic E-state index is 12.1. The number of fused-ring (bicyclic) bond motifs is 1. The number of ether oxygens (including phenoxy) is 2. The number of carbonyl (C=O) groups excluding carboxylic acids is 1. The largest absolute Gasteiger partial charge is 0.375 e. The minimum absolute atomic E-state index is 0. The van der Waals surface area contributed by atoms with Crippen LogP contribution in [0.5, 0.6) is 0 Å². The second-order valence-corrected chi connectivity index (χ2v) is 8.71. The van der Waals surface area contributed by atoms with Crippen molar-refractivity contribution in [3.63, 3.8) is 0 Å². The van der Waals surface area contributed by atoms with E-state index >= 15 is 0 Å². The van der Waals surface area contributed by atoms with Crippen molar-refractivity contribution in [1.82, 2.24) is 25.2 Å². The number of pyridine rings is 1. The summed E-state index contributed by atoms with van der Waals surface area (Å²) in [5.41, 5.74) is 4.52. The molecular weight excluding hydrogens is 478 g/mol. The summed E-state index contributed by atoms with van der Waals surface area (Å²) >= 11 is 0. The minimum Gasteiger partial charge on any atom is -0.375 e. The monoisotopic (exact) mass is 511 g/mol. The zero-order chi connectivity index (χ0) is 24.0. The molecule has 0 radical (unpaired) electrons. The highest BCUT2D eigenvalue weighted by atomic mass is 32.1. The molecule has 2 aromatic heterocycles. The molecule has 5 rings (SSSR count). The Kier molecular flexibility index (Phi) is 8.92. The summed E-state index contributed by atoms with van der Waals surface area (Å²) in [6.45, 7) is 6.18. The molecule has 0 bridgehead atoms. The van der Waals surface area contributed by atoms with Gasteiger partial charge in [-0.05, 0) is 18.2 Å². The highest BCUT2D eigenvalue weighted by Crippen LogP contribution is 2.27. The van der Waals surface area contributed by atoms with Gasteiger partial charge >= 0.3 is 0 Å². The topological polar surface area (TPSA) is 105 Å². The Hall–Kier alpha value is -2.99. The number of piperazine rings is 1. The maximum absolute atomic E-state index is 12.1. The van der Waals surface area contributed by atoms with Crippen LogP contribution >= 0.6 is 13.5 Å². The smallest absolute Gasteiger partial charge is 0.248 e. The minimum atomic E-state index is 0. The van der Waals surface area contributed by atoms with Crippen LogP contribution < -0.4 is 15.5 Å². The average Bonchev–Trinajstić information content (AvgIpc) is 2.92. The fourth-order valence-electron chi connectivity index (χ4n) is 4.48. The standard InChI is InChI=1S/C25H31N7O3.H2S/c1-34-17-23(33)32-11-9-31(10-12-32)19-4-2-18(3-5-19)21-14-22-24(28-7-6-27-22)25(30-21)29-16-20-15-26-8-13-35-20;/h2-7,14,20,26H,8-13,15-17H2,1H3,(H,29,30);1H2/t20-;/m0./s1. The van der Waals surface area contributed by atoms with Gasteiger partial charge in [0, 0.05) is 76.6 Å². The molecule has 36 heavy (non-hydrogen) atoms. The summed E-state index contributed by atoms with van der Waals surface area (Å²) < 4.78 is 10.8. The van der Waals surface area contributed by atoms with E-state index in [0.29, 0.717) is 32.1 Å². The first-order valence-corrected chi connectivity index (χ1v) is 12.0. The van der Waals surface area contributed by atoms with Gasteiger partial charge in [-0.2, -0.15) is 13.5 Å². The molecule has 2 fully saturated rings. The second-order valence-electron chi connectivity index (χ2n) is 8.71. The molecule has 2 aliphatic heterocycles. The number of hydrogen-bond acceptors (Lipinski definition) is 9. The number of morpholine rings is 1. The molecule has 1 atom stereocenters.